The molecule has 3 fully saturated rings. The number of para-hydroxylation sites is 1. The predicted molar refractivity (Wildman–Crippen MR) is 139 cm³/mol. The van der Waals surface area contributed by atoms with Crippen LogP contribution in [-0.2, 0) is 11.3 Å². The fraction of sp³-hybridized carbons (Fsp3) is 0.464. The first-order valence-corrected chi connectivity index (χ1v) is 13.8. The molecule has 3 aromatic heterocycles. The minimum absolute atomic E-state index is 0.0382. The zero-order valence-electron chi connectivity index (χ0n) is 22.0. The Hall–Kier alpha value is -4.00. The summed E-state index contributed by atoms with van der Waals surface area (Å²) in [6, 6.07) is 10.2. The maximum absolute atomic E-state index is 13.1. The molecule has 0 spiro atoms. The van der Waals surface area contributed by atoms with Gasteiger partial charge >= 0.3 is 6.36 Å². The fourth-order valence-electron chi connectivity index (χ4n) is 6.33. The van der Waals surface area contributed by atoms with Crippen molar-refractivity contribution in [2.45, 2.75) is 69.6 Å². The first-order valence-electron chi connectivity index (χ1n) is 13.8. The first kappa shape index (κ1) is 25.9. The molecule has 7 rings (SSSR count). The second-order valence-electron chi connectivity index (χ2n) is 11.0. The van der Waals surface area contributed by atoms with Gasteiger partial charge in [0.1, 0.15) is 23.0 Å². The third kappa shape index (κ3) is 5.50. The van der Waals surface area contributed by atoms with Gasteiger partial charge in [-0.2, -0.15) is 0 Å². The normalized spacial score (nSPS) is 24.0. The van der Waals surface area contributed by atoms with Crippen LogP contribution in [0.4, 0.5) is 19.0 Å². The molecule has 10 nitrogen and oxygen atoms in total. The van der Waals surface area contributed by atoms with E-state index in [0.717, 1.165) is 49.9 Å². The average Bonchev–Trinajstić information content (AvgIpc) is 3.37. The molecule has 4 aromatic rings. The SMILES string of the molecule is FC(F)(F)Oc1ccccc1-c1noc(C2CC2)c1CO[C@H]1C[C@H]2CC[C@@H](C1)[C@@H]2Nc1ccc(-c2nnn[nH]2)cn1. The highest BCUT2D eigenvalue weighted by Crippen LogP contribution is 2.47. The average molecular weight is 568 g/mol. The fourth-order valence-corrected chi connectivity index (χ4v) is 6.33. The summed E-state index contributed by atoms with van der Waals surface area (Å²) in [5.41, 5.74) is 2.11. The van der Waals surface area contributed by atoms with Gasteiger partial charge in [0.05, 0.1) is 12.7 Å². The topological polar surface area (TPSA) is 124 Å². The molecule has 3 saturated carbocycles. The number of ether oxygens (including phenoxy) is 2. The van der Waals surface area contributed by atoms with Crippen molar-refractivity contribution in [3.05, 3.63) is 53.9 Å². The zero-order chi connectivity index (χ0) is 28.0. The number of pyridine rings is 1. The number of nitrogens with one attached hydrogen (secondary N) is 2. The van der Waals surface area contributed by atoms with Crippen molar-refractivity contribution in [2.75, 3.05) is 5.32 Å². The Kier molecular flexibility index (Phi) is 6.60. The number of alkyl halides is 3. The van der Waals surface area contributed by atoms with E-state index in [2.05, 4.69) is 40.8 Å². The molecule has 4 atom stereocenters. The number of aromatic nitrogens is 6. The molecule has 13 heteroatoms. The minimum Gasteiger partial charge on any atom is -0.405 e. The lowest BCUT2D eigenvalue weighted by atomic mass is 9.82. The molecular weight excluding hydrogens is 539 g/mol. The molecule has 2 N–H and O–H groups in total. The number of tetrazole rings is 1. The van der Waals surface area contributed by atoms with Gasteiger partial charge in [0.2, 0.25) is 0 Å². The third-order valence-corrected chi connectivity index (χ3v) is 8.35. The first-order chi connectivity index (χ1) is 19.9. The molecule has 3 heterocycles. The van der Waals surface area contributed by atoms with Crippen molar-refractivity contribution >= 4 is 5.82 Å². The summed E-state index contributed by atoms with van der Waals surface area (Å²) >= 11 is 0. The summed E-state index contributed by atoms with van der Waals surface area (Å²) in [7, 11) is 0. The molecule has 1 aromatic carbocycles. The van der Waals surface area contributed by atoms with Crippen molar-refractivity contribution < 1.29 is 27.2 Å². The highest BCUT2D eigenvalue weighted by molar-refractivity contribution is 5.70. The second kappa shape index (κ2) is 10.4. The highest BCUT2D eigenvalue weighted by Gasteiger charge is 2.44. The van der Waals surface area contributed by atoms with Crippen LogP contribution in [0.3, 0.4) is 0 Å². The van der Waals surface area contributed by atoms with Crippen LogP contribution < -0.4 is 10.1 Å². The van der Waals surface area contributed by atoms with E-state index in [1.54, 1.807) is 18.3 Å². The Bertz CT molecular complexity index is 1470. The van der Waals surface area contributed by atoms with Gasteiger partial charge in [-0.25, -0.2) is 10.1 Å². The van der Waals surface area contributed by atoms with Gasteiger partial charge in [-0.05, 0) is 85.1 Å². The van der Waals surface area contributed by atoms with Gasteiger partial charge in [0, 0.05) is 34.8 Å². The monoisotopic (exact) mass is 567 g/mol. The number of hydrogen-bond donors (Lipinski definition) is 2. The Morgan fingerprint density at radius 3 is 2.51 bits per heavy atom. The standard InChI is InChI=1S/C28H28F3N7O3/c29-28(30,31)40-22-4-2-1-3-20(22)25-21(26(41-36-25)15-5-6-15)14-39-19-11-16-7-8-17(12-19)24(16)33-23-10-9-18(13-32-23)27-34-37-38-35-27/h1-4,9-10,13,15-17,19,24H,5-8,11-12,14H2,(H,32,33)(H,34,35,37,38)/t16-,17+,19+,24-. The maximum Gasteiger partial charge on any atom is 0.573 e. The van der Waals surface area contributed by atoms with Gasteiger partial charge in [-0.1, -0.05) is 17.3 Å². The number of nitrogens with zero attached hydrogens (tertiary/aromatic N) is 5. The van der Waals surface area contributed by atoms with E-state index in [0.29, 0.717) is 40.7 Å². The number of benzene rings is 1. The molecule has 3 aliphatic carbocycles. The van der Waals surface area contributed by atoms with E-state index in [1.807, 2.05) is 12.1 Å². The molecule has 41 heavy (non-hydrogen) atoms. The lowest BCUT2D eigenvalue weighted by molar-refractivity contribution is -0.274. The zero-order valence-corrected chi connectivity index (χ0v) is 22.0. The smallest absolute Gasteiger partial charge is 0.405 e. The van der Waals surface area contributed by atoms with Gasteiger partial charge in [0.15, 0.2) is 5.82 Å². The number of aromatic amines is 1. The van der Waals surface area contributed by atoms with Crippen LogP contribution >= 0.6 is 0 Å². The van der Waals surface area contributed by atoms with E-state index in [4.69, 9.17) is 9.26 Å². The quantitative estimate of drug-likeness (QED) is 0.255. The van der Waals surface area contributed by atoms with Crippen LogP contribution in [0.5, 0.6) is 5.75 Å². The predicted octanol–water partition coefficient (Wildman–Crippen LogP) is 5.88. The maximum atomic E-state index is 13.1. The van der Waals surface area contributed by atoms with Gasteiger partial charge < -0.3 is 19.3 Å². The molecular formula is C28H28F3N7O3. The Morgan fingerprint density at radius 2 is 1.83 bits per heavy atom. The van der Waals surface area contributed by atoms with Crippen molar-refractivity contribution in [3.8, 4) is 28.4 Å². The van der Waals surface area contributed by atoms with Gasteiger partial charge in [-0.15, -0.1) is 18.3 Å². The van der Waals surface area contributed by atoms with E-state index in [9.17, 15) is 13.2 Å². The Morgan fingerprint density at radius 1 is 1.02 bits per heavy atom. The molecule has 0 amide bonds. The van der Waals surface area contributed by atoms with Gasteiger partial charge in [-0.3, -0.25) is 0 Å². The molecule has 0 saturated heterocycles. The number of anilines is 1. The number of rotatable bonds is 9. The lowest BCUT2D eigenvalue weighted by Gasteiger charge is -2.36. The van der Waals surface area contributed by atoms with E-state index in [-0.39, 0.29) is 29.9 Å². The number of H-pyrrole nitrogens is 1. The van der Waals surface area contributed by atoms with Crippen LogP contribution in [0.25, 0.3) is 22.6 Å². The summed E-state index contributed by atoms with van der Waals surface area (Å²) < 4.78 is 55.7. The van der Waals surface area contributed by atoms with E-state index in [1.165, 1.54) is 12.1 Å². The van der Waals surface area contributed by atoms with Crippen molar-refractivity contribution in [1.82, 2.24) is 30.8 Å². The summed E-state index contributed by atoms with van der Waals surface area (Å²) in [4.78, 5) is 4.56. The number of fused-ring (bicyclic) bond motifs is 2. The number of hydrogen-bond acceptors (Lipinski definition) is 9. The van der Waals surface area contributed by atoms with Crippen LogP contribution in [-0.4, -0.2) is 49.3 Å². The van der Waals surface area contributed by atoms with Crippen molar-refractivity contribution in [2.24, 2.45) is 11.8 Å². The van der Waals surface area contributed by atoms with Crippen LogP contribution in [0, 0.1) is 11.8 Å². The van der Waals surface area contributed by atoms with Crippen molar-refractivity contribution in [1.29, 1.82) is 0 Å². The van der Waals surface area contributed by atoms with Gasteiger partial charge in [0.25, 0.3) is 0 Å². The summed E-state index contributed by atoms with van der Waals surface area (Å²) in [6.45, 7) is 0.229. The molecule has 0 unspecified atom stereocenters. The molecule has 0 radical (unpaired) electrons. The molecule has 3 aliphatic rings. The third-order valence-electron chi connectivity index (χ3n) is 8.35. The Balaban J connectivity index is 1.03. The highest BCUT2D eigenvalue weighted by atomic mass is 19.4. The lowest BCUT2D eigenvalue weighted by Crippen LogP contribution is -2.39. The van der Waals surface area contributed by atoms with Crippen LogP contribution in [0.2, 0.25) is 0 Å². The van der Waals surface area contributed by atoms with Crippen LogP contribution in [0.15, 0.2) is 47.1 Å². The summed E-state index contributed by atoms with van der Waals surface area (Å²) in [5, 5.41) is 21.7. The largest absolute Gasteiger partial charge is 0.573 e. The Labute approximate surface area is 233 Å². The molecule has 0 aliphatic heterocycles. The molecule has 2 bridgehead atoms. The van der Waals surface area contributed by atoms with Crippen molar-refractivity contribution in [3.63, 3.8) is 0 Å². The summed E-state index contributed by atoms with van der Waals surface area (Å²) in [6.07, 6.45) is 2.90. The molecule has 214 valence electrons. The second-order valence-corrected chi connectivity index (χ2v) is 11.0. The minimum atomic E-state index is -4.81. The van der Waals surface area contributed by atoms with E-state index < -0.39 is 6.36 Å². The van der Waals surface area contributed by atoms with E-state index >= 15 is 0 Å². The summed E-state index contributed by atoms with van der Waals surface area (Å²) in [5.74, 6) is 2.87. The number of halogens is 3. The van der Waals surface area contributed by atoms with Crippen LogP contribution in [0.1, 0.15) is 55.8 Å².